The third-order valence-corrected chi connectivity index (χ3v) is 60.2. The van der Waals surface area contributed by atoms with Crippen molar-refractivity contribution >= 4 is 138 Å². The Balaban J connectivity index is 0. The minimum atomic E-state index is -2.28. The van der Waals surface area contributed by atoms with Crippen molar-refractivity contribution in [2.24, 2.45) is 0 Å². The Bertz CT molecular complexity index is 1120. The zero-order valence-corrected chi connectivity index (χ0v) is 66.2. The number of unbranched alkanes of at least 4 members (excludes halogenated alkanes) is 9. The van der Waals surface area contributed by atoms with Crippen LogP contribution in [0.15, 0.2) is 0 Å². The molecular weight excluding hydrogens is 1130 g/mol. The van der Waals surface area contributed by atoms with Crippen LogP contribution in [-0.4, -0.2) is 145 Å². The second kappa shape index (κ2) is 45.7. The fourth-order valence-corrected chi connectivity index (χ4v) is 60.4. The number of hydrogen-bond acceptors (Lipinski definition) is 14. The fourth-order valence-electron chi connectivity index (χ4n) is 8.78. The first-order chi connectivity index (χ1) is 33.0. The Morgan fingerprint density at radius 2 is 0.884 bits per heavy atom. The van der Waals surface area contributed by atoms with Crippen molar-refractivity contribution in [1.29, 1.82) is 0 Å². The molecule has 3 saturated heterocycles. The molecule has 69 heavy (non-hydrogen) atoms. The first kappa shape index (κ1) is 73.8. The molecule has 0 aliphatic carbocycles. The molecule has 3 heterocycles. The van der Waals surface area contributed by atoms with Crippen LogP contribution in [0.3, 0.4) is 0 Å². The lowest BCUT2D eigenvalue weighted by Gasteiger charge is -2.37. The maximum absolute atomic E-state index is 6.68. The summed E-state index contributed by atoms with van der Waals surface area (Å²) in [6.45, 7) is 42.1. The molecule has 0 aromatic carbocycles. The fraction of sp³-hybridized carbons (Fsp3) is 1.00. The molecule has 0 spiro atoms. The lowest BCUT2D eigenvalue weighted by Crippen LogP contribution is -2.52. The van der Waals surface area contributed by atoms with Gasteiger partial charge in [0.25, 0.3) is 56.4 Å². The smallest absolute Gasteiger partial charge is 0.327 e. The van der Waals surface area contributed by atoms with Gasteiger partial charge in [0.2, 0.25) is 0 Å². The molecule has 0 amide bonds. The Morgan fingerprint density at radius 3 is 1.42 bits per heavy atom. The monoisotopic (exact) mass is 1240 g/mol. The van der Waals surface area contributed by atoms with Gasteiger partial charge in [-0.2, -0.15) is 0 Å². The van der Waals surface area contributed by atoms with Crippen LogP contribution < -0.4 is 0 Å². The van der Waals surface area contributed by atoms with Crippen molar-refractivity contribution in [1.82, 2.24) is 0 Å². The van der Waals surface area contributed by atoms with Gasteiger partial charge >= 0.3 is 44.3 Å². The van der Waals surface area contributed by atoms with Crippen LogP contribution in [0.1, 0.15) is 139 Å². The minimum absolute atomic E-state index is 0.232. The highest BCUT2D eigenvalue weighted by atomic mass is 28.5. The zero-order valence-electron chi connectivity index (χ0n) is 48.5. The van der Waals surface area contributed by atoms with Gasteiger partial charge in [0, 0.05) is 0 Å². The summed E-state index contributed by atoms with van der Waals surface area (Å²) in [6.07, 6.45) is 14.2. The van der Waals surface area contributed by atoms with Gasteiger partial charge in [-0.05, 0) is 121 Å². The second-order valence-electron chi connectivity index (χ2n) is 18.1. The molecule has 3 aliphatic rings. The number of rotatable bonds is 27. The topological polar surface area (TPSA) is 129 Å². The summed E-state index contributed by atoms with van der Waals surface area (Å²) in [5.41, 5.74) is 1.24. The zero-order chi connectivity index (χ0) is 52.7. The van der Waals surface area contributed by atoms with Crippen LogP contribution in [0.5, 0.6) is 0 Å². The quantitative estimate of drug-likeness (QED) is 0.0579. The van der Waals surface area contributed by atoms with Crippen LogP contribution in [0.25, 0.3) is 0 Å². The summed E-state index contributed by atoms with van der Waals surface area (Å²) in [6, 6.07) is 6.67. The van der Waals surface area contributed by atoms with Gasteiger partial charge in [-0.3, -0.25) is 0 Å². The van der Waals surface area contributed by atoms with E-state index < -0.39 is 138 Å². The van der Waals surface area contributed by atoms with Crippen molar-refractivity contribution in [3.8, 4) is 0 Å². The molecule has 3 rings (SSSR count). The van der Waals surface area contributed by atoms with Crippen molar-refractivity contribution < 1.29 is 58.2 Å². The van der Waals surface area contributed by atoms with E-state index in [0.717, 1.165) is 37.0 Å². The summed E-state index contributed by atoms with van der Waals surface area (Å²) in [5.74, 6) is 0. The largest absolute Gasteiger partial charge is 0.446 e. The molecule has 11 unspecified atom stereocenters. The van der Waals surface area contributed by atoms with Crippen molar-refractivity contribution in [2.75, 3.05) is 0 Å². The second-order valence-corrected chi connectivity index (χ2v) is 56.1. The highest BCUT2D eigenvalue weighted by molar-refractivity contribution is 6.85. The molecule has 418 valence electrons. The Morgan fingerprint density at radius 1 is 0.464 bits per heavy atom. The van der Waals surface area contributed by atoms with Crippen LogP contribution in [0.2, 0.25) is 114 Å². The van der Waals surface area contributed by atoms with Gasteiger partial charge in [0.05, 0.1) is 0 Å². The lowest BCUT2D eigenvalue weighted by molar-refractivity contribution is -0.0226. The highest BCUT2D eigenvalue weighted by Crippen LogP contribution is 2.27. The van der Waals surface area contributed by atoms with E-state index in [1.165, 1.54) is 82.0 Å². The third-order valence-electron chi connectivity index (χ3n) is 11.3. The predicted molar refractivity (Wildman–Crippen MR) is 331 cm³/mol. The Kier molecular flexibility index (Phi) is 48.8. The molecule has 0 N–H and O–H groups in total. The summed E-state index contributed by atoms with van der Waals surface area (Å²) >= 11 is 0. The first-order valence-electron chi connectivity index (χ1n) is 28.1. The molecule has 0 aromatic rings. The lowest BCUT2D eigenvalue weighted by atomic mass is 10.2. The van der Waals surface area contributed by atoms with E-state index in [0.29, 0.717) is 0 Å². The standard InChI is InChI=1S/C32H90O14Si15.4C2H6/c1-32-33-52(4)39-55(7)43-59(10,34-32)28-22-16-14-20-26-48-36-58(27-21-15-18-24-30-61(12)45-56(8)40-53(5)41-57(9)46-61)37-49-35-47-25-19-13-17-23-29-60(11)42-51(3)31-50(2)38-54(6)44-60;4*1-2/h32,50-58H,13-31,47-49H2,1-12H3;4*1-2H3. The average molecular weight is 1240 g/mol. The maximum Gasteiger partial charge on any atom is 0.327 e. The average Bonchev–Trinajstić information content (AvgIpc) is 3.26. The molecule has 0 aromatic heterocycles. The van der Waals surface area contributed by atoms with Crippen LogP contribution in [0, 0.1) is 0 Å². The molecule has 3 fully saturated rings. The first-order valence-corrected chi connectivity index (χ1v) is 59.2. The molecular formula is C40H114O14Si15. The van der Waals surface area contributed by atoms with E-state index >= 15 is 0 Å². The van der Waals surface area contributed by atoms with E-state index in [2.05, 4.69) is 72.0 Å². The van der Waals surface area contributed by atoms with E-state index in [9.17, 15) is 0 Å². The van der Waals surface area contributed by atoms with Crippen LogP contribution in [-0.2, 0) is 58.2 Å². The van der Waals surface area contributed by atoms with Gasteiger partial charge < -0.3 is 58.2 Å². The normalized spacial score (nSPS) is 33.0. The van der Waals surface area contributed by atoms with Gasteiger partial charge in [-0.25, -0.2) is 0 Å². The van der Waals surface area contributed by atoms with Gasteiger partial charge in [-0.1, -0.05) is 132 Å². The van der Waals surface area contributed by atoms with Crippen molar-refractivity contribution in [3.05, 3.63) is 0 Å². The van der Waals surface area contributed by atoms with Crippen LogP contribution in [0.4, 0.5) is 0 Å². The van der Waals surface area contributed by atoms with Gasteiger partial charge in [0.1, 0.15) is 25.8 Å². The molecule has 0 saturated carbocycles. The predicted octanol–water partition coefficient (Wildman–Crippen LogP) is 8.18. The molecule has 0 radical (unpaired) electrons. The third kappa shape index (κ3) is 38.8. The van der Waals surface area contributed by atoms with E-state index in [-0.39, 0.29) is 6.29 Å². The van der Waals surface area contributed by atoms with Crippen molar-refractivity contribution in [2.45, 2.75) is 260 Å². The van der Waals surface area contributed by atoms with E-state index in [1.54, 1.807) is 0 Å². The van der Waals surface area contributed by atoms with Crippen LogP contribution >= 0.6 is 0 Å². The summed E-state index contributed by atoms with van der Waals surface area (Å²) in [5, 5.41) is 0. The summed E-state index contributed by atoms with van der Waals surface area (Å²) in [7, 11) is -22.6. The molecule has 14 nitrogen and oxygen atoms in total. The molecule has 3 aliphatic heterocycles. The SMILES string of the molecule is CC.CC.CC.CC.CC1O[SiH](C)O[SiH](C)O[Si](C)(CCCCCC[SiH2]O[SiH](CCCCCC[Si]2(C)O[SiH](C)O[SiH](C)O[SiH](C)O2)O[SiH2]O[SiH2]CCCCCC[Si]2(C)O[SiH](C)C[SiH](C)O[SiH](C)O2)O1. The summed E-state index contributed by atoms with van der Waals surface area (Å²) < 4.78 is 89.1. The number of hydrogen-bond donors (Lipinski definition) is 0. The minimum Gasteiger partial charge on any atom is -0.446 e. The van der Waals surface area contributed by atoms with Gasteiger partial charge in [0.15, 0.2) is 18.1 Å². The summed E-state index contributed by atoms with van der Waals surface area (Å²) in [4.78, 5) is 0. The van der Waals surface area contributed by atoms with Crippen molar-refractivity contribution in [3.63, 3.8) is 0 Å². The van der Waals surface area contributed by atoms with E-state index in [4.69, 9.17) is 58.2 Å². The van der Waals surface area contributed by atoms with E-state index in [1.807, 2.05) is 62.3 Å². The Labute approximate surface area is 452 Å². The van der Waals surface area contributed by atoms with Gasteiger partial charge in [-0.15, -0.1) is 0 Å². The Hall–Kier alpha value is 2.69. The highest BCUT2D eigenvalue weighted by Gasteiger charge is 2.41. The molecule has 29 heteroatoms. The molecule has 11 atom stereocenters. The maximum atomic E-state index is 6.68. The molecule has 0 bridgehead atoms.